The van der Waals surface area contributed by atoms with Crippen molar-refractivity contribution in [2.24, 2.45) is 0 Å². The van der Waals surface area contributed by atoms with Crippen molar-refractivity contribution < 1.29 is 4.79 Å². The van der Waals surface area contributed by atoms with Crippen molar-refractivity contribution in [1.29, 1.82) is 0 Å². The molecule has 0 spiro atoms. The third kappa shape index (κ3) is 2.12. The summed E-state index contributed by atoms with van der Waals surface area (Å²) in [7, 11) is 0. The number of hydrogen-bond donors (Lipinski definition) is 0. The number of nitrogens with zero attached hydrogens (tertiary/aromatic N) is 4. The Balaban J connectivity index is 1.93. The molecule has 0 fully saturated rings. The Morgan fingerprint density at radius 2 is 2.26 bits per heavy atom. The minimum absolute atomic E-state index is 0.0381. The average molecular weight is 274 g/mol. The Morgan fingerprint density at radius 3 is 3.11 bits per heavy atom. The molecule has 19 heavy (non-hydrogen) atoms. The van der Waals surface area contributed by atoms with Gasteiger partial charge in [0.25, 0.3) is 5.91 Å². The zero-order chi connectivity index (χ0) is 13.2. The lowest BCUT2D eigenvalue weighted by Crippen LogP contribution is -2.30. The molecule has 3 heterocycles. The summed E-state index contributed by atoms with van der Waals surface area (Å²) in [4.78, 5) is 18.6. The van der Waals surface area contributed by atoms with Gasteiger partial charge in [-0.15, -0.1) is 0 Å². The highest BCUT2D eigenvalue weighted by molar-refractivity contribution is 7.97. The van der Waals surface area contributed by atoms with Crippen LogP contribution in [0.4, 0.5) is 5.82 Å². The molecular formula is C13H14N4OS. The van der Waals surface area contributed by atoms with Gasteiger partial charge in [0, 0.05) is 24.6 Å². The lowest BCUT2D eigenvalue weighted by molar-refractivity contribution is 0.0984. The second kappa shape index (κ2) is 5.05. The van der Waals surface area contributed by atoms with Gasteiger partial charge in [-0.25, -0.2) is 4.68 Å². The van der Waals surface area contributed by atoms with E-state index >= 15 is 0 Å². The fraction of sp³-hybridized carbons (Fsp3) is 0.308. The van der Waals surface area contributed by atoms with Crippen LogP contribution in [-0.2, 0) is 12.3 Å². The van der Waals surface area contributed by atoms with Gasteiger partial charge in [-0.05, 0) is 17.9 Å². The summed E-state index contributed by atoms with van der Waals surface area (Å²) < 4.78 is 1.84. The second-order valence-corrected chi connectivity index (χ2v) is 5.18. The smallest absolute Gasteiger partial charge is 0.278 e. The predicted octanol–water partition coefficient (Wildman–Crippen LogP) is 1.80. The first kappa shape index (κ1) is 12.2. The molecule has 1 aliphatic rings. The Bertz CT molecular complexity index is 610. The van der Waals surface area contributed by atoms with Gasteiger partial charge >= 0.3 is 0 Å². The zero-order valence-electron chi connectivity index (χ0n) is 10.6. The first-order valence-electron chi connectivity index (χ1n) is 6.08. The minimum atomic E-state index is -0.0381. The van der Waals surface area contributed by atoms with E-state index in [-0.39, 0.29) is 5.91 Å². The molecule has 0 aliphatic carbocycles. The molecule has 2 aromatic rings. The summed E-state index contributed by atoms with van der Waals surface area (Å²) in [5.74, 6) is 1.61. The molecule has 3 rings (SSSR count). The third-order valence-electron chi connectivity index (χ3n) is 3.14. The SMILES string of the molecule is CSCc1cccnc1C(=O)N1CCn2nccc21. The van der Waals surface area contributed by atoms with Crippen molar-refractivity contribution in [3.8, 4) is 0 Å². The number of thioether (sulfide) groups is 1. The molecule has 0 saturated carbocycles. The van der Waals surface area contributed by atoms with E-state index in [0.29, 0.717) is 12.2 Å². The topological polar surface area (TPSA) is 51.0 Å². The average Bonchev–Trinajstić information content (AvgIpc) is 3.01. The van der Waals surface area contributed by atoms with Gasteiger partial charge in [0.1, 0.15) is 11.5 Å². The molecule has 0 aromatic carbocycles. The molecule has 0 N–H and O–H groups in total. The Morgan fingerprint density at radius 1 is 1.37 bits per heavy atom. The molecule has 98 valence electrons. The fourth-order valence-corrected chi connectivity index (χ4v) is 2.82. The van der Waals surface area contributed by atoms with Crippen LogP contribution >= 0.6 is 11.8 Å². The molecule has 0 unspecified atom stereocenters. The quantitative estimate of drug-likeness (QED) is 0.856. The van der Waals surface area contributed by atoms with Gasteiger partial charge in [-0.3, -0.25) is 14.7 Å². The van der Waals surface area contributed by atoms with E-state index in [0.717, 1.165) is 23.7 Å². The van der Waals surface area contributed by atoms with Crippen LogP contribution in [0.5, 0.6) is 0 Å². The van der Waals surface area contributed by atoms with Gasteiger partial charge in [-0.1, -0.05) is 6.07 Å². The highest BCUT2D eigenvalue weighted by Crippen LogP contribution is 2.23. The summed E-state index contributed by atoms with van der Waals surface area (Å²) in [6.45, 7) is 1.41. The maximum Gasteiger partial charge on any atom is 0.278 e. The van der Waals surface area contributed by atoms with Crippen LogP contribution in [-0.4, -0.2) is 33.5 Å². The summed E-state index contributed by atoms with van der Waals surface area (Å²) in [6, 6.07) is 5.70. The molecule has 5 nitrogen and oxygen atoms in total. The second-order valence-electron chi connectivity index (χ2n) is 4.31. The van der Waals surface area contributed by atoms with Gasteiger partial charge in [0.05, 0.1) is 12.7 Å². The Kier molecular flexibility index (Phi) is 3.25. The first-order valence-corrected chi connectivity index (χ1v) is 7.47. The van der Waals surface area contributed by atoms with Gasteiger partial charge in [0.15, 0.2) is 0 Å². The summed E-state index contributed by atoms with van der Waals surface area (Å²) in [5, 5.41) is 4.18. The number of pyridine rings is 1. The van der Waals surface area contributed by atoms with Crippen molar-refractivity contribution in [2.45, 2.75) is 12.3 Å². The van der Waals surface area contributed by atoms with Crippen LogP contribution in [0, 0.1) is 0 Å². The van der Waals surface area contributed by atoms with Gasteiger partial charge < -0.3 is 0 Å². The molecule has 0 radical (unpaired) electrons. The highest BCUT2D eigenvalue weighted by atomic mass is 32.2. The number of hydrogen-bond acceptors (Lipinski definition) is 4. The van der Waals surface area contributed by atoms with E-state index in [1.807, 2.05) is 29.1 Å². The molecule has 0 saturated heterocycles. The third-order valence-corrected chi connectivity index (χ3v) is 3.74. The highest BCUT2D eigenvalue weighted by Gasteiger charge is 2.28. The molecule has 0 bridgehead atoms. The van der Waals surface area contributed by atoms with Crippen LogP contribution in [0.3, 0.4) is 0 Å². The standard InChI is InChI=1S/C13H14N4OS/c1-19-9-10-3-2-5-14-12(10)13(18)16-7-8-17-11(16)4-6-15-17/h2-6H,7-9H2,1H3. The van der Waals surface area contributed by atoms with E-state index in [4.69, 9.17) is 0 Å². The Hall–Kier alpha value is -1.82. The predicted molar refractivity (Wildman–Crippen MR) is 75.4 cm³/mol. The van der Waals surface area contributed by atoms with Gasteiger partial charge in [0.2, 0.25) is 0 Å². The van der Waals surface area contributed by atoms with Crippen molar-refractivity contribution in [3.05, 3.63) is 41.9 Å². The van der Waals surface area contributed by atoms with Crippen molar-refractivity contribution in [2.75, 3.05) is 17.7 Å². The van der Waals surface area contributed by atoms with E-state index < -0.39 is 0 Å². The number of carbonyl (C=O) groups excluding carboxylic acids is 1. The van der Waals surface area contributed by atoms with Crippen molar-refractivity contribution >= 4 is 23.5 Å². The minimum Gasteiger partial charge on any atom is -0.290 e. The fourth-order valence-electron chi connectivity index (χ4n) is 2.27. The Labute approximate surface area is 115 Å². The maximum absolute atomic E-state index is 12.6. The van der Waals surface area contributed by atoms with Crippen LogP contribution < -0.4 is 4.90 Å². The maximum atomic E-state index is 12.6. The van der Waals surface area contributed by atoms with Crippen LogP contribution in [0.2, 0.25) is 0 Å². The van der Waals surface area contributed by atoms with Crippen LogP contribution in [0.25, 0.3) is 0 Å². The van der Waals surface area contributed by atoms with Crippen LogP contribution in [0.15, 0.2) is 30.6 Å². The van der Waals surface area contributed by atoms with E-state index in [9.17, 15) is 4.79 Å². The molecule has 1 amide bonds. The van der Waals surface area contributed by atoms with E-state index in [2.05, 4.69) is 10.1 Å². The number of carbonyl (C=O) groups is 1. The normalized spacial score (nSPS) is 13.6. The molecule has 2 aromatic heterocycles. The summed E-state index contributed by atoms with van der Waals surface area (Å²) in [5.41, 5.74) is 1.53. The lowest BCUT2D eigenvalue weighted by Gasteiger charge is -2.16. The number of aromatic nitrogens is 3. The number of fused-ring (bicyclic) bond motifs is 1. The zero-order valence-corrected chi connectivity index (χ0v) is 11.4. The number of rotatable bonds is 3. The van der Waals surface area contributed by atoms with E-state index in [1.54, 1.807) is 29.1 Å². The van der Waals surface area contributed by atoms with Crippen molar-refractivity contribution in [3.63, 3.8) is 0 Å². The van der Waals surface area contributed by atoms with E-state index in [1.165, 1.54) is 0 Å². The number of anilines is 1. The monoisotopic (exact) mass is 274 g/mol. The summed E-state index contributed by atoms with van der Waals surface area (Å²) in [6.07, 6.45) is 5.41. The summed E-state index contributed by atoms with van der Waals surface area (Å²) >= 11 is 1.69. The van der Waals surface area contributed by atoms with Crippen molar-refractivity contribution in [1.82, 2.24) is 14.8 Å². The molecule has 6 heteroatoms. The largest absolute Gasteiger partial charge is 0.290 e. The molecule has 1 aliphatic heterocycles. The number of amides is 1. The molecule has 0 atom stereocenters. The first-order chi connectivity index (χ1) is 9.31. The lowest BCUT2D eigenvalue weighted by atomic mass is 10.2. The van der Waals surface area contributed by atoms with Gasteiger partial charge in [-0.2, -0.15) is 16.9 Å². The van der Waals surface area contributed by atoms with Crippen LogP contribution in [0.1, 0.15) is 16.1 Å². The molecular weight excluding hydrogens is 260 g/mol.